The van der Waals surface area contributed by atoms with E-state index in [1.54, 1.807) is 24.3 Å². The third-order valence-electron chi connectivity index (χ3n) is 9.26. The first-order valence-corrected chi connectivity index (χ1v) is 22.6. The minimum atomic E-state index is -1.05. The van der Waals surface area contributed by atoms with Crippen molar-refractivity contribution in [1.82, 2.24) is 0 Å². The van der Waals surface area contributed by atoms with Gasteiger partial charge in [-0.3, -0.25) is 28.8 Å². The fraction of sp³-hybridized carbons (Fsp3) is 0.348. The van der Waals surface area contributed by atoms with E-state index in [0.29, 0.717) is 40.6 Å². The number of carboxylic acid groups (broad SMARTS) is 1. The molecule has 0 spiro atoms. The van der Waals surface area contributed by atoms with Crippen molar-refractivity contribution in [2.75, 3.05) is 42.8 Å². The number of hydrogen-bond acceptors (Lipinski definition) is 12. The number of carbonyl (C=O) groups excluding carboxylic acids is 5. The van der Waals surface area contributed by atoms with Gasteiger partial charge in [-0.15, -0.1) is 23.5 Å². The summed E-state index contributed by atoms with van der Waals surface area (Å²) in [5.74, 6) is -1.27. The number of aliphatic carboxylic acids is 1. The van der Waals surface area contributed by atoms with Crippen LogP contribution in [0, 0.1) is 5.41 Å². The summed E-state index contributed by atoms with van der Waals surface area (Å²) in [6, 6.07) is 36.7. The molecule has 0 aliphatic carbocycles. The molecule has 2 unspecified atom stereocenters. The zero-order valence-electron chi connectivity index (χ0n) is 33.0. The second-order valence-corrected chi connectivity index (χ2v) is 17.3. The van der Waals surface area contributed by atoms with Gasteiger partial charge in [0.05, 0.1) is 41.6 Å². The Morgan fingerprint density at radius 3 is 1.20 bits per heavy atom. The Kier molecular flexibility index (Phi) is 20.3. The zero-order valence-corrected chi connectivity index (χ0v) is 35.5. The number of ether oxygens (including phenoxy) is 3. The molecule has 13 heteroatoms. The third kappa shape index (κ3) is 16.4. The van der Waals surface area contributed by atoms with Gasteiger partial charge in [-0.1, -0.05) is 128 Å². The topological polar surface area (TPSA) is 150 Å². The van der Waals surface area contributed by atoms with Gasteiger partial charge >= 0.3 is 23.9 Å². The van der Waals surface area contributed by atoms with Crippen molar-refractivity contribution in [2.24, 2.45) is 5.41 Å². The second-order valence-electron chi connectivity index (χ2n) is 13.6. The lowest BCUT2D eigenvalue weighted by molar-refractivity contribution is -0.161. The first-order chi connectivity index (χ1) is 28.6. The van der Waals surface area contributed by atoms with Gasteiger partial charge in [0.25, 0.3) is 0 Å². The number of carbonyl (C=O) groups is 6. The highest BCUT2D eigenvalue weighted by molar-refractivity contribution is 8.00. The molecular formula is C46H50O10S3. The van der Waals surface area contributed by atoms with Crippen LogP contribution >= 0.6 is 35.3 Å². The van der Waals surface area contributed by atoms with E-state index in [0.717, 1.165) is 11.1 Å². The lowest BCUT2D eigenvalue weighted by Gasteiger charge is -2.31. The number of Topliss-reactive ketones (excluding diaryl/α,β-unsaturated/α-hetero) is 2. The molecule has 0 aliphatic heterocycles. The molecule has 0 bridgehead atoms. The molecule has 59 heavy (non-hydrogen) atoms. The summed E-state index contributed by atoms with van der Waals surface area (Å²) in [4.78, 5) is 76.8. The highest BCUT2D eigenvalue weighted by Crippen LogP contribution is 2.35. The number of carboxylic acids is 1. The van der Waals surface area contributed by atoms with Crippen molar-refractivity contribution in [3.8, 4) is 0 Å². The molecule has 0 heterocycles. The van der Waals surface area contributed by atoms with Crippen molar-refractivity contribution >= 4 is 70.7 Å². The maximum Gasteiger partial charge on any atom is 0.306 e. The Morgan fingerprint density at radius 1 is 0.508 bits per heavy atom. The first kappa shape index (κ1) is 46.8. The van der Waals surface area contributed by atoms with Crippen molar-refractivity contribution in [1.29, 1.82) is 0 Å². The van der Waals surface area contributed by atoms with Crippen LogP contribution in [0.5, 0.6) is 0 Å². The molecule has 4 aromatic carbocycles. The van der Waals surface area contributed by atoms with Gasteiger partial charge in [-0.2, -0.15) is 11.8 Å². The lowest BCUT2D eigenvalue weighted by Crippen LogP contribution is -2.39. The predicted octanol–water partition coefficient (Wildman–Crippen LogP) is 9.11. The maximum absolute atomic E-state index is 13.5. The van der Waals surface area contributed by atoms with E-state index in [1.165, 1.54) is 35.3 Å². The Morgan fingerprint density at radius 2 is 0.847 bits per heavy atom. The summed E-state index contributed by atoms with van der Waals surface area (Å²) >= 11 is 4.02. The fourth-order valence-corrected chi connectivity index (χ4v) is 8.84. The monoisotopic (exact) mass is 858 g/mol. The summed E-state index contributed by atoms with van der Waals surface area (Å²) in [5.41, 5.74) is 1.74. The number of thioether (sulfide) groups is 3. The molecular weight excluding hydrogens is 809 g/mol. The Labute approximate surface area is 358 Å². The molecule has 4 aromatic rings. The molecule has 0 aromatic heterocycles. The quantitative estimate of drug-likeness (QED) is 0.0263. The molecule has 0 amide bonds. The van der Waals surface area contributed by atoms with Crippen LogP contribution in [0.15, 0.2) is 121 Å². The second kappa shape index (κ2) is 25.6. The van der Waals surface area contributed by atoms with Gasteiger partial charge in [0, 0.05) is 34.1 Å². The molecule has 10 nitrogen and oxygen atoms in total. The average Bonchev–Trinajstić information content (AvgIpc) is 3.27. The van der Waals surface area contributed by atoms with Gasteiger partial charge in [0.2, 0.25) is 0 Å². The summed E-state index contributed by atoms with van der Waals surface area (Å²) in [7, 11) is 0. The molecule has 0 aliphatic rings. The van der Waals surface area contributed by atoms with Crippen LogP contribution < -0.4 is 0 Å². The van der Waals surface area contributed by atoms with Crippen LogP contribution in [0.2, 0.25) is 0 Å². The van der Waals surface area contributed by atoms with Gasteiger partial charge in [0.1, 0.15) is 19.8 Å². The highest BCUT2D eigenvalue weighted by Gasteiger charge is 2.34. The van der Waals surface area contributed by atoms with Gasteiger partial charge in [-0.25, -0.2) is 0 Å². The molecule has 312 valence electrons. The van der Waals surface area contributed by atoms with Gasteiger partial charge < -0.3 is 19.3 Å². The normalized spacial score (nSPS) is 13.0. The Bertz CT molecular complexity index is 1810. The minimum absolute atomic E-state index is 0.00448. The Hall–Kier alpha value is -4.85. The average molecular weight is 859 g/mol. The van der Waals surface area contributed by atoms with E-state index in [4.69, 9.17) is 19.3 Å². The SMILES string of the molecule is CCC(COC(=O)CCSCCC(=O)O)(COC(=O)CCSC(C(=O)c1ccccc1)c1ccccc1)COC(=O)CCSC(C(=O)c1ccccc1)c1ccccc1. The summed E-state index contributed by atoms with van der Waals surface area (Å²) in [6.07, 6.45) is 0.377. The zero-order chi connectivity index (χ0) is 42.3. The van der Waals surface area contributed by atoms with Crippen LogP contribution in [0.4, 0.5) is 0 Å². The Balaban J connectivity index is 1.36. The highest BCUT2D eigenvalue weighted by atomic mass is 32.2. The summed E-state index contributed by atoms with van der Waals surface area (Å²) in [6.45, 7) is 1.25. The minimum Gasteiger partial charge on any atom is -0.481 e. The van der Waals surface area contributed by atoms with Crippen LogP contribution in [0.25, 0.3) is 0 Å². The summed E-state index contributed by atoms with van der Waals surface area (Å²) < 4.78 is 17.1. The van der Waals surface area contributed by atoms with Crippen LogP contribution in [-0.2, 0) is 33.4 Å². The molecule has 0 saturated carbocycles. The van der Waals surface area contributed by atoms with Gasteiger partial charge in [-0.05, 0) is 17.5 Å². The predicted molar refractivity (Wildman–Crippen MR) is 234 cm³/mol. The molecule has 2 atom stereocenters. The lowest BCUT2D eigenvalue weighted by atomic mass is 9.88. The molecule has 0 saturated heterocycles. The number of esters is 3. The maximum atomic E-state index is 13.5. The van der Waals surface area contributed by atoms with Gasteiger partial charge in [0.15, 0.2) is 11.6 Å². The first-order valence-electron chi connectivity index (χ1n) is 19.4. The van der Waals surface area contributed by atoms with Crippen LogP contribution in [-0.4, -0.2) is 83.4 Å². The number of ketones is 2. The number of rotatable bonds is 27. The number of benzene rings is 4. The van der Waals surface area contributed by atoms with Crippen molar-refractivity contribution in [3.63, 3.8) is 0 Å². The van der Waals surface area contributed by atoms with Crippen molar-refractivity contribution in [3.05, 3.63) is 144 Å². The van der Waals surface area contributed by atoms with E-state index in [2.05, 4.69) is 0 Å². The van der Waals surface area contributed by atoms with E-state index >= 15 is 0 Å². The molecule has 0 radical (unpaired) electrons. The summed E-state index contributed by atoms with van der Waals surface area (Å²) in [5, 5.41) is 7.81. The standard InChI is InChI=1S/C46H50O10S3/c1-2-46(31-54-39(49)24-28-57-27-23-38(47)48,32-55-40(50)25-29-58-44(36-19-11-5-12-20-36)42(52)34-15-7-3-8-16-34)33-56-41(51)26-30-59-45(37-21-13-6-14-22-37)43(53)35-17-9-4-10-18-35/h3-22,44-45H,2,23-33H2,1H3,(H,47,48). The van der Waals surface area contributed by atoms with E-state index in [1.807, 2.05) is 104 Å². The fourth-order valence-electron chi connectivity index (χ4n) is 5.70. The van der Waals surface area contributed by atoms with Crippen LogP contribution in [0.1, 0.15) is 81.4 Å². The molecule has 0 fully saturated rings. The number of hydrogen-bond donors (Lipinski definition) is 1. The van der Waals surface area contributed by atoms with Crippen molar-refractivity contribution < 1.29 is 48.1 Å². The van der Waals surface area contributed by atoms with E-state index < -0.39 is 39.8 Å². The molecule has 1 N–H and O–H groups in total. The molecule has 4 rings (SSSR count). The largest absolute Gasteiger partial charge is 0.481 e. The van der Waals surface area contributed by atoms with Crippen molar-refractivity contribution in [2.45, 2.75) is 49.5 Å². The van der Waals surface area contributed by atoms with E-state index in [9.17, 15) is 28.8 Å². The smallest absolute Gasteiger partial charge is 0.306 e. The van der Waals surface area contributed by atoms with E-state index in [-0.39, 0.29) is 57.1 Å². The third-order valence-corrected chi connectivity index (χ3v) is 12.8. The van der Waals surface area contributed by atoms with Crippen LogP contribution in [0.3, 0.4) is 0 Å².